The fraction of sp³-hybridized carbons (Fsp3) is 0.0833. The van der Waals surface area contributed by atoms with Gasteiger partial charge in [-0.15, -0.1) is 0 Å². The zero-order valence-corrected chi connectivity index (χ0v) is 16.9. The van der Waals surface area contributed by atoms with Crippen molar-refractivity contribution >= 4 is 29.2 Å². The Labute approximate surface area is 182 Å². The van der Waals surface area contributed by atoms with Crippen LogP contribution in [0.1, 0.15) is 27.5 Å². The maximum Gasteiger partial charge on any atom is 0.337 e. The molecular formula is C24H17FN2O5. The molecule has 32 heavy (non-hydrogen) atoms. The fourth-order valence-electron chi connectivity index (χ4n) is 3.56. The summed E-state index contributed by atoms with van der Waals surface area (Å²) in [7, 11) is 1.26. The number of ketones is 1. The summed E-state index contributed by atoms with van der Waals surface area (Å²) in [5, 5.41) is 10.9. The monoisotopic (exact) mass is 432 g/mol. The third-order valence-electron chi connectivity index (χ3n) is 5.11. The average molecular weight is 432 g/mol. The van der Waals surface area contributed by atoms with Gasteiger partial charge in [0, 0.05) is 11.8 Å². The molecule has 2 heterocycles. The highest BCUT2D eigenvalue weighted by Crippen LogP contribution is 2.41. The Morgan fingerprint density at radius 2 is 1.66 bits per heavy atom. The van der Waals surface area contributed by atoms with Gasteiger partial charge in [-0.3, -0.25) is 14.5 Å². The Hall–Kier alpha value is -4.33. The molecule has 3 aromatic rings. The predicted octanol–water partition coefficient (Wildman–Crippen LogP) is 3.63. The van der Waals surface area contributed by atoms with Gasteiger partial charge in [-0.2, -0.15) is 0 Å². The molecule has 1 N–H and O–H groups in total. The topological polar surface area (TPSA) is 96.8 Å². The van der Waals surface area contributed by atoms with E-state index in [1.165, 1.54) is 42.5 Å². The van der Waals surface area contributed by atoms with Crippen LogP contribution in [0.3, 0.4) is 0 Å². The van der Waals surface area contributed by atoms with E-state index in [4.69, 9.17) is 4.74 Å². The lowest BCUT2D eigenvalue weighted by atomic mass is 9.94. The van der Waals surface area contributed by atoms with Crippen molar-refractivity contribution < 1.29 is 28.6 Å². The SMILES string of the molecule is COC(=O)c1ccc([C@H]2/C(=C(\O)c3ccc(F)cc3)C(=O)C(=O)N2c2ccccn2)cc1. The maximum atomic E-state index is 13.4. The third kappa shape index (κ3) is 3.62. The van der Waals surface area contributed by atoms with Gasteiger partial charge < -0.3 is 9.84 Å². The number of halogens is 1. The van der Waals surface area contributed by atoms with Gasteiger partial charge in [0.1, 0.15) is 17.4 Å². The molecule has 1 saturated heterocycles. The first kappa shape index (κ1) is 20.9. The number of esters is 1. The summed E-state index contributed by atoms with van der Waals surface area (Å²) < 4.78 is 18.1. The van der Waals surface area contributed by atoms with Gasteiger partial charge in [0.15, 0.2) is 0 Å². The summed E-state index contributed by atoms with van der Waals surface area (Å²) in [4.78, 5) is 43.1. The van der Waals surface area contributed by atoms with E-state index in [9.17, 15) is 23.9 Å². The van der Waals surface area contributed by atoms with Gasteiger partial charge in [-0.1, -0.05) is 18.2 Å². The highest BCUT2D eigenvalue weighted by atomic mass is 19.1. The zero-order chi connectivity index (χ0) is 22.8. The Bertz CT molecular complexity index is 1220. The average Bonchev–Trinajstić information content (AvgIpc) is 3.09. The number of amides is 1. The number of aliphatic hydroxyl groups is 1. The normalized spacial score (nSPS) is 17.4. The van der Waals surface area contributed by atoms with E-state index in [0.717, 1.165) is 12.1 Å². The van der Waals surface area contributed by atoms with Crippen LogP contribution in [-0.4, -0.2) is 34.9 Å². The Balaban J connectivity index is 1.90. The number of carbonyl (C=O) groups is 3. The second-order valence-corrected chi connectivity index (χ2v) is 6.98. The maximum absolute atomic E-state index is 13.4. The summed E-state index contributed by atoms with van der Waals surface area (Å²) in [5.41, 5.74) is 0.760. The summed E-state index contributed by atoms with van der Waals surface area (Å²) in [6.07, 6.45) is 1.48. The van der Waals surface area contributed by atoms with E-state index in [-0.39, 0.29) is 22.5 Å². The molecule has 1 aliphatic heterocycles. The van der Waals surface area contributed by atoms with Crippen molar-refractivity contribution in [3.63, 3.8) is 0 Å². The van der Waals surface area contributed by atoms with E-state index < -0.39 is 35.3 Å². The molecule has 0 saturated carbocycles. The molecule has 0 aliphatic carbocycles. The Kier molecular flexibility index (Phi) is 5.51. The second-order valence-electron chi connectivity index (χ2n) is 6.98. The van der Waals surface area contributed by atoms with Crippen molar-refractivity contribution in [2.24, 2.45) is 0 Å². The molecule has 1 aromatic heterocycles. The number of aromatic nitrogens is 1. The van der Waals surface area contributed by atoms with Gasteiger partial charge in [0.2, 0.25) is 0 Å². The van der Waals surface area contributed by atoms with Crippen molar-refractivity contribution in [3.05, 3.63) is 101 Å². The van der Waals surface area contributed by atoms with Crippen molar-refractivity contribution in [2.45, 2.75) is 6.04 Å². The number of Topliss-reactive ketones (excluding diaryl/α,β-unsaturated/α-hetero) is 1. The van der Waals surface area contributed by atoms with Gasteiger partial charge in [0.25, 0.3) is 5.78 Å². The largest absolute Gasteiger partial charge is 0.507 e. The molecule has 0 spiro atoms. The minimum Gasteiger partial charge on any atom is -0.507 e. The molecule has 1 amide bonds. The molecule has 0 radical (unpaired) electrons. The minimum absolute atomic E-state index is 0.168. The van der Waals surface area contributed by atoms with E-state index in [1.807, 2.05) is 0 Å². The number of benzene rings is 2. The van der Waals surface area contributed by atoms with Crippen LogP contribution in [0.5, 0.6) is 0 Å². The molecule has 8 heteroatoms. The molecule has 1 atom stereocenters. The van der Waals surface area contributed by atoms with Crippen LogP contribution >= 0.6 is 0 Å². The van der Waals surface area contributed by atoms with Crippen LogP contribution in [0.2, 0.25) is 0 Å². The number of methoxy groups -OCH3 is 1. The van der Waals surface area contributed by atoms with Crippen LogP contribution in [0.25, 0.3) is 5.76 Å². The molecule has 0 bridgehead atoms. The lowest BCUT2D eigenvalue weighted by Gasteiger charge is -2.24. The summed E-state index contributed by atoms with van der Waals surface area (Å²) in [6, 6.07) is 14.9. The zero-order valence-electron chi connectivity index (χ0n) is 16.9. The molecule has 2 aromatic carbocycles. The first-order chi connectivity index (χ1) is 15.4. The number of pyridine rings is 1. The van der Waals surface area contributed by atoms with E-state index in [1.54, 1.807) is 30.3 Å². The number of hydrogen-bond acceptors (Lipinski definition) is 6. The first-order valence-corrected chi connectivity index (χ1v) is 9.58. The van der Waals surface area contributed by atoms with Gasteiger partial charge >= 0.3 is 11.9 Å². The molecule has 7 nitrogen and oxygen atoms in total. The van der Waals surface area contributed by atoms with Crippen molar-refractivity contribution in [1.82, 2.24) is 4.98 Å². The van der Waals surface area contributed by atoms with Crippen LogP contribution in [-0.2, 0) is 14.3 Å². The molecule has 1 aliphatic rings. The van der Waals surface area contributed by atoms with Crippen molar-refractivity contribution in [3.8, 4) is 0 Å². The summed E-state index contributed by atoms with van der Waals surface area (Å²) in [5.74, 6) is -3.04. The molecule has 4 rings (SSSR count). The molecule has 0 unspecified atom stereocenters. The molecule has 160 valence electrons. The molecular weight excluding hydrogens is 415 g/mol. The van der Waals surface area contributed by atoms with Crippen molar-refractivity contribution in [2.75, 3.05) is 12.0 Å². The lowest BCUT2D eigenvalue weighted by Crippen LogP contribution is -2.30. The highest BCUT2D eigenvalue weighted by Gasteiger charge is 2.47. The predicted molar refractivity (Wildman–Crippen MR) is 113 cm³/mol. The van der Waals surface area contributed by atoms with Crippen LogP contribution in [0.15, 0.2) is 78.5 Å². The number of aliphatic hydroxyl groups excluding tert-OH is 1. The number of anilines is 1. The van der Waals surface area contributed by atoms with Crippen LogP contribution in [0.4, 0.5) is 10.2 Å². The lowest BCUT2D eigenvalue weighted by molar-refractivity contribution is -0.132. The quantitative estimate of drug-likeness (QED) is 0.293. The number of ether oxygens (including phenoxy) is 1. The number of hydrogen-bond donors (Lipinski definition) is 1. The van der Waals surface area contributed by atoms with E-state index in [0.29, 0.717) is 5.56 Å². The van der Waals surface area contributed by atoms with E-state index in [2.05, 4.69) is 4.98 Å². The van der Waals surface area contributed by atoms with Gasteiger partial charge in [-0.25, -0.2) is 14.2 Å². The van der Waals surface area contributed by atoms with Crippen LogP contribution < -0.4 is 4.90 Å². The summed E-state index contributed by atoms with van der Waals surface area (Å²) in [6.45, 7) is 0. The second kappa shape index (κ2) is 8.43. The minimum atomic E-state index is -1.01. The number of rotatable bonds is 4. The number of nitrogens with zero attached hydrogens (tertiary/aromatic N) is 2. The van der Waals surface area contributed by atoms with Gasteiger partial charge in [-0.05, 0) is 54.1 Å². The standard InChI is InChI=1S/C24H17FN2O5/c1-32-24(31)16-7-5-14(6-8-16)20-19(21(28)15-9-11-17(25)12-10-15)22(29)23(30)27(20)18-4-2-3-13-26-18/h2-13,20,28H,1H3/b21-19+/t20-/m0/s1. The van der Waals surface area contributed by atoms with Crippen LogP contribution in [0, 0.1) is 5.82 Å². The highest BCUT2D eigenvalue weighted by molar-refractivity contribution is 6.51. The smallest absolute Gasteiger partial charge is 0.337 e. The fourth-order valence-corrected chi connectivity index (χ4v) is 3.56. The molecule has 1 fully saturated rings. The first-order valence-electron chi connectivity index (χ1n) is 9.58. The van der Waals surface area contributed by atoms with E-state index >= 15 is 0 Å². The Morgan fingerprint density at radius 3 is 2.25 bits per heavy atom. The third-order valence-corrected chi connectivity index (χ3v) is 5.11. The Morgan fingerprint density at radius 1 is 1.00 bits per heavy atom. The van der Waals surface area contributed by atoms with Crippen molar-refractivity contribution in [1.29, 1.82) is 0 Å². The van der Waals surface area contributed by atoms with Gasteiger partial charge in [0.05, 0.1) is 24.3 Å². The number of carbonyl (C=O) groups excluding carboxylic acids is 3. The summed E-state index contributed by atoms with van der Waals surface area (Å²) >= 11 is 0.